The van der Waals surface area contributed by atoms with Crippen LogP contribution in [0.15, 0.2) is 59.1 Å². The number of rotatable bonds is 6. The summed E-state index contributed by atoms with van der Waals surface area (Å²) in [6.07, 6.45) is -5.29. The second kappa shape index (κ2) is 8.29. The molecular weight excluding hydrogens is 425 g/mol. The van der Waals surface area contributed by atoms with Gasteiger partial charge in [0.1, 0.15) is 0 Å². The minimum atomic E-state index is -4.65. The van der Waals surface area contributed by atoms with E-state index < -0.39 is 24.1 Å². The standard InChI is InChI=1S/C22H17F3N4O3/c1-29-18(14-5-3-2-4-6-14)12-17(27-29)21-26-20(28-32-21)15-8-7-13(9-10-19(30)31)16(11-15)22(23,24)25/h2-8,11-12H,9-10H2,1H3,(H,30,31). The molecule has 0 spiro atoms. The van der Waals surface area contributed by atoms with E-state index in [0.717, 1.165) is 17.3 Å². The van der Waals surface area contributed by atoms with E-state index in [1.807, 2.05) is 30.3 Å². The van der Waals surface area contributed by atoms with Gasteiger partial charge >= 0.3 is 12.1 Å². The van der Waals surface area contributed by atoms with Crippen molar-refractivity contribution in [2.75, 3.05) is 0 Å². The van der Waals surface area contributed by atoms with E-state index in [1.54, 1.807) is 17.8 Å². The molecule has 2 heterocycles. The molecule has 4 rings (SSSR count). The van der Waals surface area contributed by atoms with Gasteiger partial charge in [-0.25, -0.2) is 0 Å². The summed E-state index contributed by atoms with van der Waals surface area (Å²) < 4.78 is 47.5. The van der Waals surface area contributed by atoms with Gasteiger partial charge in [0.05, 0.1) is 11.3 Å². The first-order valence-corrected chi connectivity index (χ1v) is 9.58. The Bertz CT molecular complexity index is 1260. The predicted molar refractivity (Wildman–Crippen MR) is 108 cm³/mol. The van der Waals surface area contributed by atoms with Gasteiger partial charge in [-0.15, -0.1) is 0 Å². The first-order chi connectivity index (χ1) is 15.2. The van der Waals surface area contributed by atoms with Crippen LogP contribution in [0.2, 0.25) is 0 Å². The van der Waals surface area contributed by atoms with Crippen molar-refractivity contribution in [1.82, 2.24) is 19.9 Å². The molecule has 0 bridgehead atoms. The van der Waals surface area contributed by atoms with Crippen LogP contribution >= 0.6 is 0 Å². The van der Waals surface area contributed by atoms with Gasteiger partial charge in [-0.3, -0.25) is 9.48 Å². The maximum atomic E-state index is 13.5. The summed E-state index contributed by atoms with van der Waals surface area (Å²) in [7, 11) is 1.76. The third-order valence-electron chi connectivity index (χ3n) is 4.88. The normalized spacial score (nSPS) is 11.6. The molecule has 0 radical (unpaired) electrons. The van der Waals surface area contributed by atoms with Gasteiger partial charge in [0.2, 0.25) is 5.82 Å². The van der Waals surface area contributed by atoms with Crippen LogP contribution in [0.3, 0.4) is 0 Å². The highest BCUT2D eigenvalue weighted by molar-refractivity contribution is 5.68. The van der Waals surface area contributed by atoms with Crippen molar-refractivity contribution in [3.63, 3.8) is 0 Å². The molecule has 32 heavy (non-hydrogen) atoms. The Morgan fingerprint density at radius 2 is 1.84 bits per heavy atom. The second-order valence-electron chi connectivity index (χ2n) is 7.09. The fraction of sp³-hybridized carbons (Fsp3) is 0.182. The van der Waals surface area contributed by atoms with Crippen LogP contribution in [0.5, 0.6) is 0 Å². The number of hydrogen-bond donors (Lipinski definition) is 1. The third kappa shape index (κ3) is 4.39. The smallest absolute Gasteiger partial charge is 0.416 e. The number of benzene rings is 2. The Kier molecular flexibility index (Phi) is 5.52. The molecular formula is C22H17F3N4O3. The fourth-order valence-electron chi connectivity index (χ4n) is 3.33. The molecule has 0 fully saturated rings. The van der Waals surface area contributed by atoms with Crippen LogP contribution in [0.1, 0.15) is 17.5 Å². The summed E-state index contributed by atoms with van der Waals surface area (Å²) >= 11 is 0. The Morgan fingerprint density at radius 1 is 1.09 bits per heavy atom. The Balaban J connectivity index is 1.66. The number of halogens is 3. The number of nitrogens with zero attached hydrogens (tertiary/aromatic N) is 4. The van der Waals surface area contributed by atoms with Crippen LogP contribution in [0, 0.1) is 0 Å². The first-order valence-electron chi connectivity index (χ1n) is 9.58. The number of aromatic nitrogens is 4. The number of carboxylic acid groups (broad SMARTS) is 1. The zero-order valence-corrected chi connectivity index (χ0v) is 16.8. The van der Waals surface area contributed by atoms with E-state index in [0.29, 0.717) is 5.69 Å². The lowest BCUT2D eigenvalue weighted by Crippen LogP contribution is -2.11. The minimum Gasteiger partial charge on any atom is -0.481 e. The van der Waals surface area contributed by atoms with Gasteiger partial charge in [0.15, 0.2) is 5.69 Å². The van der Waals surface area contributed by atoms with Gasteiger partial charge in [-0.05, 0) is 29.7 Å². The number of carbonyl (C=O) groups is 1. The molecule has 2 aromatic carbocycles. The summed E-state index contributed by atoms with van der Waals surface area (Å²) in [5.41, 5.74) is 1.20. The van der Waals surface area contributed by atoms with Crippen molar-refractivity contribution in [2.45, 2.75) is 19.0 Å². The maximum Gasteiger partial charge on any atom is 0.416 e. The van der Waals surface area contributed by atoms with Crippen molar-refractivity contribution in [2.24, 2.45) is 7.05 Å². The molecule has 0 saturated heterocycles. The minimum absolute atomic E-state index is 0.0257. The molecule has 2 aromatic heterocycles. The zero-order chi connectivity index (χ0) is 22.9. The number of hydrogen-bond acceptors (Lipinski definition) is 5. The van der Waals surface area contributed by atoms with E-state index in [4.69, 9.17) is 9.63 Å². The van der Waals surface area contributed by atoms with E-state index in [1.165, 1.54) is 12.1 Å². The molecule has 164 valence electrons. The summed E-state index contributed by atoms with van der Waals surface area (Å²) in [6, 6.07) is 14.8. The first kappa shape index (κ1) is 21.3. The molecule has 0 saturated carbocycles. The van der Waals surface area contributed by atoms with Crippen molar-refractivity contribution in [1.29, 1.82) is 0 Å². The van der Waals surface area contributed by atoms with E-state index in [-0.39, 0.29) is 29.3 Å². The lowest BCUT2D eigenvalue weighted by molar-refractivity contribution is -0.140. The van der Waals surface area contributed by atoms with Gasteiger partial charge in [-0.1, -0.05) is 47.6 Å². The third-order valence-corrected chi connectivity index (χ3v) is 4.88. The topological polar surface area (TPSA) is 94.0 Å². The van der Waals surface area contributed by atoms with Gasteiger partial charge in [0.25, 0.3) is 5.89 Å². The number of carboxylic acids is 1. The molecule has 7 nitrogen and oxygen atoms in total. The summed E-state index contributed by atoms with van der Waals surface area (Å²) in [6.45, 7) is 0. The molecule has 1 N–H and O–H groups in total. The Labute approximate surface area is 180 Å². The molecule has 4 aromatic rings. The molecule has 0 unspecified atom stereocenters. The SMILES string of the molecule is Cn1nc(-c2nc(-c3ccc(CCC(=O)O)c(C(F)(F)F)c3)no2)cc1-c1ccccc1. The lowest BCUT2D eigenvalue weighted by atomic mass is 9.99. The van der Waals surface area contributed by atoms with Crippen molar-refractivity contribution < 1.29 is 27.6 Å². The monoisotopic (exact) mass is 442 g/mol. The van der Waals surface area contributed by atoms with Crippen LogP contribution < -0.4 is 0 Å². The summed E-state index contributed by atoms with van der Waals surface area (Å²) in [4.78, 5) is 15.0. The number of aliphatic carboxylic acids is 1. The molecule has 0 aliphatic rings. The molecule has 0 aliphatic carbocycles. The predicted octanol–water partition coefficient (Wildman–Crippen LogP) is 4.84. The second-order valence-corrected chi connectivity index (χ2v) is 7.09. The number of aryl methyl sites for hydroxylation is 2. The van der Waals surface area contributed by atoms with Crippen molar-refractivity contribution in [3.8, 4) is 34.2 Å². The van der Waals surface area contributed by atoms with Gasteiger partial charge < -0.3 is 9.63 Å². The number of alkyl halides is 3. The van der Waals surface area contributed by atoms with Crippen molar-refractivity contribution >= 4 is 5.97 Å². The van der Waals surface area contributed by atoms with E-state index >= 15 is 0 Å². The fourth-order valence-corrected chi connectivity index (χ4v) is 3.33. The van der Waals surface area contributed by atoms with Crippen LogP contribution in [-0.4, -0.2) is 31.0 Å². The van der Waals surface area contributed by atoms with Crippen LogP contribution in [-0.2, 0) is 24.4 Å². The molecule has 0 amide bonds. The largest absolute Gasteiger partial charge is 0.481 e. The van der Waals surface area contributed by atoms with Crippen LogP contribution in [0.4, 0.5) is 13.2 Å². The van der Waals surface area contributed by atoms with E-state index in [9.17, 15) is 18.0 Å². The van der Waals surface area contributed by atoms with Crippen LogP contribution in [0.25, 0.3) is 34.2 Å². The Hall–Kier alpha value is -3.95. The van der Waals surface area contributed by atoms with Gasteiger partial charge in [0, 0.05) is 19.0 Å². The lowest BCUT2D eigenvalue weighted by Gasteiger charge is -2.13. The average Bonchev–Trinajstić information content (AvgIpc) is 3.39. The van der Waals surface area contributed by atoms with Gasteiger partial charge in [-0.2, -0.15) is 23.3 Å². The van der Waals surface area contributed by atoms with Crippen molar-refractivity contribution in [3.05, 3.63) is 65.7 Å². The highest BCUT2D eigenvalue weighted by Crippen LogP contribution is 2.35. The molecule has 10 heteroatoms. The Morgan fingerprint density at radius 3 is 2.53 bits per heavy atom. The highest BCUT2D eigenvalue weighted by atomic mass is 19.4. The molecule has 0 atom stereocenters. The maximum absolute atomic E-state index is 13.5. The quantitative estimate of drug-likeness (QED) is 0.459. The summed E-state index contributed by atoms with van der Waals surface area (Å²) in [5, 5.41) is 17.0. The highest BCUT2D eigenvalue weighted by Gasteiger charge is 2.34. The molecule has 0 aliphatic heterocycles. The average molecular weight is 442 g/mol. The summed E-state index contributed by atoms with van der Waals surface area (Å²) in [5.74, 6) is -1.13. The van der Waals surface area contributed by atoms with E-state index in [2.05, 4.69) is 15.2 Å². The zero-order valence-electron chi connectivity index (χ0n) is 16.8.